The Hall–Kier alpha value is -2.15. The lowest BCUT2D eigenvalue weighted by molar-refractivity contribution is 0.0381. The smallest absolute Gasteiger partial charge is 0.257 e. The van der Waals surface area contributed by atoms with Gasteiger partial charge in [-0.25, -0.2) is 4.68 Å². The summed E-state index contributed by atoms with van der Waals surface area (Å²) in [6.07, 6.45) is 3.79. The maximum absolute atomic E-state index is 12.7. The largest absolute Gasteiger partial charge is 0.469 e. The third-order valence-electron chi connectivity index (χ3n) is 4.42. The number of aryl methyl sites for hydroxylation is 2. The summed E-state index contributed by atoms with van der Waals surface area (Å²) >= 11 is 0. The van der Waals surface area contributed by atoms with Crippen LogP contribution in [0.2, 0.25) is 0 Å². The Morgan fingerprint density at radius 3 is 2.74 bits per heavy atom. The number of rotatable bonds is 3. The summed E-state index contributed by atoms with van der Waals surface area (Å²) in [5.74, 6) is 0.495. The number of hydrogen-bond donors (Lipinski definition) is 1. The molecule has 0 spiro atoms. The standard InChI is InChI=1S/C16H22N4O3/c1-10(2)20-7-13(17-18-20)16(22)5-6-19(9-16)15(21)14-11(3)8-23-12(14)4/h7-8,10,22H,5-6,9H2,1-4H3/t16-/m0/s1. The Balaban J connectivity index is 1.80. The van der Waals surface area contributed by atoms with E-state index in [1.807, 2.05) is 20.8 Å². The van der Waals surface area contributed by atoms with Crippen LogP contribution in [0.5, 0.6) is 0 Å². The highest BCUT2D eigenvalue weighted by molar-refractivity contribution is 5.96. The summed E-state index contributed by atoms with van der Waals surface area (Å²) < 4.78 is 7.02. The predicted octanol–water partition coefficient (Wildman–Crippen LogP) is 1.80. The zero-order valence-electron chi connectivity index (χ0n) is 13.9. The average molecular weight is 318 g/mol. The Bertz CT molecular complexity index is 714. The molecule has 0 saturated carbocycles. The van der Waals surface area contributed by atoms with Gasteiger partial charge in [0.15, 0.2) is 0 Å². The van der Waals surface area contributed by atoms with Crippen LogP contribution in [0.25, 0.3) is 0 Å². The maximum atomic E-state index is 12.7. The lowest BCUT2D eigenvalue weighted by atomic mass is 10.00. The van der Waals surface area contributed by atoms with E-state index in [0.29, 0.717) is 30.0 Å². The van der Waals surface area contributed by atoms with Crippen LogP contribution < -0.4 is 0 Å². The first-order chi connectivity index (χ1) is 10.8. The second kappa shape index (κ2) is 5.49. The second-order valence-electron chi connectivity index (χ2n) is 6.54. The molecule has 1 aliphatic rings. The predicted molar refractivity (Wildman–Crippen MR) is 83.0 cm³/mol. The first-order valence-corrected chi connectivity index (χ1v) is 7.80. The Morgan fingerprint density at radius 1 is 1.43 bits per heavy atom. The number of aliphatic hydroxyl groups is 1. The number of carbonyl (C=O) groups is 1. The van der Waals surface area contributed by atoms with Crippen molar-refractivity contribution in [3.63, 3.8) is 0 Å². The van der Waals surface area contributed by atoms with Crippen LogP contribution in [0.1, 0.15) is 53.7 Å². The number of likely N-dealkylation sites (tertiary alicyclic amines) is 1. The minimum atomic E-state index is -1.14. The summed E-state index contributed by atoms with van der Waals surface area (Å²) in [7, 11) is 0. The molecule has 2 aromatic heterocycles. The van der Waals surface area contributed by atoms with E-state index in [0.717, 1.165) is 5.56 Å². The minimum absolute atomic E-state index is 0.110. The highest BCUT2D eigenvalue weighted by Gasteiger charge is 2.42. The zero-order valence-corrected chi connectivity index (χ0v) is 13.9. The maximum Gasteiger partial charge on any atom is 0.257 e. The van der Waals surface area contributed by atoms with Gasteiger partial charge in [-0.05, 0) is 27.7 Å². The van der Waals surface area contributed by atoms with E-state index in [4.69, 9.17) is 4.42 Å². The van der Waals surface area contributed by atoms with Crippen molar-refractivity contribution in [3.05, 3.63) is 35.0 Å². The molecule has 7 nitrogen and oxygen atoms in total. The van der Waals surface area contributed by atoms with Gasteiger partial charge in [-0.1, -0.05) is 5.21 Å². The van der Waals surface area contributed by atoms with Gasteiger partial charge in [0.2, 0.25) is 0 Å². The quantitative estimate of drug-likeness (QED) is 0.933. The highest BCUT2D eigenvalue weighted by Crippen LogP contribution is 2.32. The molecule has 3 rings (SSSR count). The molecule has 0 unspecified atom stereocenters. The molecule has 0 radical (unpaired) electrons. The molecule has 0 bridgehead atoms. The molecule has 2 aromatic rings. The molecule has 7 heteroatoms. The first kappa shape index (κ1) is 15.7. The third kappa shape index (κ3) is 2.65. The van der Waals surface area contributed by atoms with Gasteiger partial charge >= 0.3 is 0 Å². The number of hydrogen-bond acceptors (Lipinski definition) is 5. The summed E-state index contributed by atoms with van der Waals surface area (Å²) in [5.41, 5.74) is 0.768. The Morgan fingerprint density at radius 2 is 2.17 bits per heavy atom. The summed E-state index contributed by atoms with van der Waals surface area (Å²) in [5, 5.41) is 19.0. The van der Waals surface area contributed by atoms with Gasteiger partial charge in [0.1, 0.15) is 17.1 Å². The Kier molecular flexibility index (Phi) is 3.75. The van der Waals surface area contributed by atoms with Gasteiger partial charge in [0.05, 0.1) is 24.6 Å². The number of furan rings is 1. The fourth-order valence-corrected chi connectivity index (χ4v) is 2.97. The molecule has 0 aromatic carbocycles. The lowest BCUT2D eigenvalue weighted by Crippen LogP contribution is -2.35. The van der Waals surface area contributed by atoms with Crippen molar-refractivity contribution in [2.75, 3.05) is 13.1 Å². The second-order valence-corrected chi connectivity index (χ2v) is 6.54. The van der Waals surface area contributed by atoms with E-state index in [1.165, 1.54) is 0 Å². The number of nitrogens with zero attached hydrogens (tertiary/aromatic N) is 4. The molecule has 1 aliphatic heterocycles. The molecule has 124 valence electrons. The van der Waals surface area contributed by atoms with Crippen LogP contribution in [0, 0.1) is 13.8 Å². The lowest BCUT2D eigenvalue weighted by Gasteiger charge is -2.21. The monoisotopic (exact) mass is 318 g/mol. The van der Waals surface area contributed by atoms with E-state index in [9.17, 15) is 9.90 Å². The molecule has 1 amide bonds. The number of β-amino-alcohol motifs (C(OH)–C–C–N with tert-alkyl or cyclic N) is 1. The minimum Gasteiger partial charge on any atom is -0.469 e. The molecule has 3 heterocycles. The van der Waals surface area contributed by atoms with Crippen molar-refractivity contribution in [2.45, 2.75) is 45.8 Å². The zero-order chi connectivity index (χ0) is 16.8. The summed E-state index contributed by atoms with van der Waals surface area (Å²) in [6.45, 7) is 8.31. The molecule has 1 saturated heterocycles. The van der Waals surface area contributed by atoms with Crippen LogP contribution in [0.3, 0.4) is 0 Å². The van der Waals surface area contributed by atoms with Crippen LogP contribution in [0.4, 0.5) is 0 Å². The first-order valence-electron chi connectivity index (χ1n) is 7.80. The normalized spacial score (nSPS) is 21.4. The summed E-state index contributed by atoms with van der Waals surface area (Å²) in [4.78, 5) is 14.3. The van der Waals surface area contributed by atoms with Crippen LogP contribution in [-0.2, 0) is 5.60 Å². The van der Waals surface area contributed by atoms with Crippen LogP contribution in [-0.4, -0.2) is 44.0 Å². The van der Waals surface area contributed by atoms with Gasteiger partial charge < -0.3 is 14.4 Å². The van der Waals surface area contributed by atoms with Crippen LogP contribution >= 0.6 is 0 Å². The van der Waals surface area contributed by atoms with Gasteiger partial charge in [-0.15, -0.1) is 5.10 Å². The van der Waals surface area contributed by atoms with E-state index in [2.05, 4.69) is 10.3 Å². The highest BCUT2D eigenvalue weighted by atomic mass is 16.3. The molecule has 1 N–H and O–H groups in total. The molecule has 0 aliphatic carbocycles. The van der Waals surface area contributed by atoms with Crippen molar-refractivity contribution in [1.29, 1.82) is 0 Å². The fourth-order valence-electron chi connectivity index (χ4n) is 2.97. The SMILES string of the molecule is Cc1coc(C)c1C(=O)N1CC[C@@](O)(c2cn(C(C)C)nn2)C1. The van der Waals surface area contributed by atoms with E-state index >= 15 is 0 Å². The van der Waals surface area contributed by atoms with Crippen molar-refractivity contribution in [3.8, 4) is 0 Å². The van der Waals surface area contributed by atoms with Gasteiger partial charge in [0.25, 0.3) is 5.91 Å². The van der Waals surface area contributed by atoms with Crippen molar-refractivity contribution in [2.24, 2.45) is 0 Å². The van der Waals surface area contributed by atoms with E-state index in [-0.39, 0.29) is 18.5 Å². The molecular formula is C16H22N4O3. The third-order valence-corrected chi connectivity index (χ3v) is 4.42. The van der Waals surface area contributed by atoms with Gasteiger partial charge in [-0.3, -0.25) is 4.79 Å². The average Bonchev–Trinajstić information content (AvgIpc) is 3.18. The number of aromatic nitrogens is 3. The molecule has 23 heavy (non-hydrogen) atoms. The van der Waals surface area contributed by atoms with Gasteiger partial charge in [0, 0.05) is 24.6 Å². The van der Waals surface area contributed by atoms with Crippen molar-refractivity contribution in [1.82, 2.24) is 19.9 Å². The van der Waals surface area contributed by atoms with Gasteiger partial charge in [-0.2, -0.15) is 0 Å². The topological polar surface area (TPSA) is 84.4 Å². The Labute approximate surface area is 134 Å². The summed E-state index contributed by atoms with van der Waals surface area (Å²) in [6, 6.07) is 0.176. The van der Waals surface area contributed by atoms with Crippen LogP contribution in [0.15, 0.2) is 16.9 Å². The number of amides is 1. The van der Waals surface area contributed by atoms with Crippen molar-refractivity contribution >= 4 is 5.91 Å². The number of carbonyl (C=O) groups excluding carboxylic acids is 1. The fraction of sp³-hybridized carbons (Fsp3) is 0.562. The van der Waals surface area contributed by atoms with E-state index < -0.39 is 5.60 Å². The van der Waals surface area contributed by atoms with E-state index in [1.54, 1.807) is 29.0 Å². The van der Waals surface area contributed by atoms with Crippen molar-refractivity contribution < 1.29 is 14.3 Å². The molecule has 1 atom stereocenters. The molecular weight excluding hydrogens is 296 g/mol. The molecule has 1 fully saturated rings.